The van der Waals surface area contributed by atoms with E-state index in [-0.39, 0.29) is 0 Å². The van der Waals surface area contributed by atoms with Gasteiger partial charge in [0.1, 0.15) is 12.6 Å². The summed E-state index contributed by atoms with van der Waals surface area (Å²) in [5.74, 6) is 0.375. The number of nitrogens with one attached hydrogen (secondary N) is 1. The van der Waals surface area contributed by atoms with Crippen molar-refractivity contribution in [2.75, 3.05) is 13.7 Å². The van der Waals surface area contributed by atoms with E-state index in [2.05, 4.69) is 11.9 Å². The number of methoxy groups -OCH3 is 1. The third-order valence-corrected chi connectivity index (χ3v) is 2.57. The van der Waals surface area contributed by atoms with Crippen LogP contribution in [0.1, 0.15) is 12.5 Å². The molecule has 0 bridgehead atoms. The van der Waals surface area contributed by atoms with E-state index in [9.17, 15) is 4.79 Å². The number of carboxylic acids is 1. The van der Waals surface area contributed by atoms with Crippen LogP contribution in [0.25, 0.3) is 0 Å². The zero-order valence-corrected chi connectivity index (χ0v) is 11.2. The maximum absolute atomic E-state index is 10.7. The monoisotopic (exact) mass is 265 g/mol. The summed E-state index contributed by atoms with van der Waals surface area (Å²) in [6.07, 6.45) is 1.66. The number of rotatable bonds is 8. The molecule has 0 spiro atoms. The Morgan fingerprint density at radius 1 is 1.53 bits per heavy atom. The average molecular weight is 265 g/mol. The predicted octanol–water partition coefficient (Wildman–Crippen LogP) is 1.82. The molecule has 0 heterocycles. The van der Waals surface area contributed by atoms with Gasteiger partial charge in [0, 0.05) is 6.54 Å². The lowest BCUT2D eigenvalue weighted by Crippen LogP contribution is -2.33. The maximum Gasteiger partial charge on any atom is 0.320 e. The fourth-order valence-electron chi connectivity index (χ4n) is 1.45. The third-order valence-electron chi connectivity index (χ3n) is 2.57. The Kier molecular flexibility index (Phi) is 5.89. The molecule has 104 valence electrons. The SMILES string of the molecule is C=CCOc1ccc(CNC(C)C(=O)O)cc1OC. The van der Waals surface area contributed by atoms with E-state index in [0.29, 0.717) is 24.7 Å². The molecule has 5 heteroatoms. The Balaban J connectivity index is 2.70. The van der Waals surface area contributed by atoms with Gasteiger partial charge in [-0.3, -0.25) is 4.79 Å². The molecule has 0 aliphatic rings. The molecule has 1 atom stereocenters. The Morgan fingerprint density at radius 3 is 2.84 bits per heavy atom. The van der Waals surface area contributed by atoms with E-state index in [0.717, 1.165) is 5.56 Å². The number of ether oxygens (including phenoxy) is 2. The third kappa shape index (κ3) is 4.63. The average Bonchev–Trinajstić information content (AvgIpc) is 2.42. The van der Waals surface area contributed by atoms with Gasteiger partial charge in [-0.1, -0.05) is 18.7 Å². The number of hydrogen-bond donors (Lipinski definition) is 2. The van der Waals surface area contributed by atoms with Gasteiger partial charge in [-0.15, -0.1) is 0 Å². The molecular formula is C14H19NO4. The van der Waals surface area contributed by atoms with Gasteiger partial charge in [-0.05, 0) is 24.6 Å². The van der Waals surface area contributed by atoms with Crippen LogP contribution in [0.2, 0.25) is 0 Å². The topological polar surface area (TPSA) is 67.8 Å². The van der Waals surface area contributed by atoms with E-state index in [1.165, 1.54) is 0 Å². The first-order chi connectivity index (χ1) is 9.08. The molecule has 1 aromatic rings. The van der Waals surface area contributed by atoms with Crippen LogP contribution >= 0.6 is 0 Å². The van der Waals surface area contributed by atoms with Crippen molar-refractivity contribution in [2.24, 2.45) is 0 Å². The van der Waals surface area contributed by atoms with Crippen LogP contribution in [0.15, 0.2) is 30.9 Å². The Hall–Kier alpha value is -2.01. The standard InChI is InChI=1S/C14H19NO4/c1-4-7-19-12-6-5-11(8-13(12)18-3)9-15-10(2)14(16)17/h4-6,8,10,15H,1,7,9H2,2-3H3,(H,16,17). The zero-order chi connectivity index (χ0) is 14.3. The van der Waals surface area contributed by atoms with E-state index < -0.39 is 12.0 Å². The lowest BCUT2D eigenvalue weighted by molar-refractivity contribution is -0.139. The molecule has 1 aromatic carbocycles. The van der Waals surface area contributed by atoms with E-state index >= 15 is 0 Å². The highest BCUT2D eigenvalue weighted by Crippen LogP contribution is 2.28. The van der Waals surface area contributed by atoms with Crippen LogP contribution in [0.3, 0.4) is 0 Å². The van der Waals surface area contributed by atoms with E-state index in [4.69, 9.17) is 14.6 Å². The van der Waals surface area contributed by atoms with Crippen LogP contribution in [0.5, 0.6) is 11.5 Å². The van der Waals surface area contributed by atoms with E-state index in [1.54, 1.807) is 26.2 Å². The Morgan fingerprint density at radius 2 is 2.26 bits per heavy atom. The molecular weight excluding hydrogens is 246 g/mol. The summed E-state index contributed by atoms with van der Waals surface area (Å²) >= 11 is 0. The second kappa shape index (κ2) is 7.43. The summed E-state index contributed by atoms with van der Waals surface area (Å²) in [5.41, 5.74) is 0.927. The van der Waals surface area contributed by atoms with Gasteiger partial charge in [0.2, 0.25) is 0 Å². The van der Waals surface area contributed by atoms with Gasteiger partial charge in [-0.25, -0.2) is 0 Å². The molecule has 0 saturated heterocycles. The molecule has 0 radical (unpaired) electrons. The van der Waals surface area contributed by atoms with Crippen molar-refractivity contribution < 1.29 is 19.4 Å². The van der Waals surface area contributed by atoms with Gasteiger partial charge in [0.25, 0.3) is 0 Å². The van der Waals surface area contributed by atoms with Crippen molar-refractivity contribution in [3.63, 3.8) is 0 Å². The first kappa shape index (κ1) is 15.0. The van der Waals surface area contributed by atoms with Crippen molar-refractivity contribution in [1.82, 2.24) is 5.32 Å². The summed E-state index contributed by atoms with van der Waals surface area (Å²) in [7, 11) is 1.56. The smallest absolute Gasteiger partial charge is 0.320 e. The summed E-state index contributed by atoms with van der Waals surface area (Å²) in [5, 5.41) is 11.7. The molecule has 2 N–H and O–H groups in total. The minimum atomic E-state index is -0.877. The quantitative estimate of drug-likeness (QED) is 0.702. The van der Waals surface area contributed by atoms with Crippen molar-refractivity contribution in [2.45, 2.75) is 19.5 Å². The molecule has 1 rings (SSSR count). The van der Waals surface area contributed by atoms with Gasteiger partial charge >= 0.3 is 5.97 Å². The predicted molar refractivity (Wildman–Crippen MR) is 72.6 cm³/mol. The molecule has 0 amide bonds. The second-order valence-corrected chi connectivity index (χ2v) is 4.03. The fourth-order valence-corrected chi connectivity index (χ4v) is 1.45. The lowest BCUT2D eigenvalue weighted by atomic mass is 10.2. The molecule has 1 unspecified atom stereocenters. The van der Waals surface area contributed by atoms with Crippen molar-refractivity contribution in [3.05, 3.63) is 36.4 Å². The summed E-state index contributed by atoms with van der Waals surface area (Å²) in [6, 6.07) is 4.88. The number of aliphatic carboxylic acids is 1. The van der Waals surface area contributed by atoms with Crippen molar-refractivity contribution in [1.29, 1.82) is 0 Å². The van der Waals surface area contributed by atoms with Crippen LogP contribution in [0, 0.1) is 0 Å². The number of carbonyl (C=O) groups is 1. The Labute approximate surface area is 112 Å². The van der Waals surface area contributed by atoms with Crippen molar-refractivity contribution in [3.8, 4) is 11.5 Å². The number of hydrogen-bond acceptors (Lipinski definition) is 4. The minimum absolute atomic E-state index is 0.407. The lowest BCUT2D eigenvalue weighted by Gasteiger charge is -2.13. The molecule has 19 heavy (non-hydrogen) atoms. The molecule has 5 nitrogen and oxygen atoms in total. The maximum atomic E-state index is 10.7. The van der Waals surface area contributed by atoms with Crippen molar-refractivity contribution >= 4 is 5.97 Å². The largest absolute Gasteiger partial charge is 0.493 e. The minimum Gasteiger partial charge on any atom is -0.493 e. The zero-order valence-electron chi connectivity index (χ0n) is 11.2. The first-order valence-corrected chi connectivity index (χ1v) is 5.95. The number of carboxylic acid groups (broad SMARTS) is 1. The van der Waals surface area contributed by atoms with Gasteiger partial charge in [-0.2, -0.15) is 0 Å². The molecule has 0 saturated carbocycles. The van der Waals surface area contributed by atoms with E-state index in [1.807, 2.05) is 12.1 Å². The van der Waals surface area contributed by atoms with Crippen LogP contribution in [-0.4, -0.2) is 30.8 Å². The van der Waals surface area contributed by atoms with Crippen LogP contribution in [0.4, 0.5) is 0 Å². The van der Waals surface area contributed by atoms with Gasteiger partial charge in [0.05, 0.1) is 7.11 Å². The molecule has 0 aromatic heterocycles. The van der Waals surface area contributed by atoms with Crippen LogP contribution < -0.4 is 14.8 Å². The summed E-state index contributed by atoms with van der Waals surface area (Å²) < 4.78 is 10.7. The highest BCUT2D eigenvalue weighted by atomic mass is 16.5. The number of benzene rings is 1. The van der Waals surface area contributed by atoms with Gasteiger partial charge in [0.15, 0.2) is 11.5 Å². The highest BCUT2D eigenvalue weighted by molar-refractivity contribution is 5.72. The highest BCUT2D eigenvalue weighted by Gasteiger charge is 2.10. The molecule has 0 aliphatic carbocycles. The summed E-state index contributed by atoms with van der Waals surface area (Å²) in [4.78, 5) is 10.7. The first-order valence-electron chi connectivity index (χ1n) is 5.95. The molecule has 0 aliphatic heterocycles. The second-order valence-electron chi connectivity index (χ2n) is 4.03. The summed E-state index contributed by atoms with van der Waals surface area (Å²) in [6.45, 7) is 6.04. The van der Waals surface area contributed by atoms with Gasteiger partial charge < -0.3 is 19.9 Å². The fraction of sp³-hybridized carbons (Fsp3) is 0.357. The molecule has 0 fully saturated rings. The Bertz CT molecular complexity index is 445. The normalized spacial score (nSPS) is 11.7. The van der Waals surface area contributed by atoms with Crippen LogP contribution in [-0.2, 0) is 11.3 Å².